The average Bonchev–Trinajstić information content (AvgIpc) is 3.18. The van der Waals surface area contributed by atoms with E-state index in [1.54, 1.807) is 17.0 Å². The number of ether oxygens (including phenoxy) is 1. The van der Waals surface area contributed by atoms with Crippen molar-refractivity contribution in [3.8, 4) is 11.3 Å². The summed E-state index contributed by atoms with van der Waals surface area (Å²) in [4.78, 5) is 18.8. The fourth-order valence-corrected chi connectivity index (χ4v) is 3.06. The van der Waals surface area contributed by atoms with Crippen molar-refractivity contribution >= 4 is 5.91 Å². The second-order valence-corrected chi connectivity index (χ2v) is 6.06. The maximum absolute atomic E-state index is 13.1. The van der Waals surface area contributed by atoms with Gasteiger partial charge in [0, 0.05) is 12.1 Å². The number of rotatable bonds is 3. The van der Waals surface area contributed by atoms with E-state index in [0.717, 1.165) is 11.1 Å². The number of morpholine rings is 1. The van der Waals surface area contributed by atoms with Crippen molar-refractivity contribution in [2.24, 2.45) is 0 Å². The van der Waals surface area contributed by atoms with Gasteiger partial charge in [0.15, 0.2) is 17.8 Å². The Labute approximate surface area is 150 Å². The summed E-state index contributed by atoms with van der Waals surface area (Å²) in [6.45, 7) is 1.26. The molecule has 3 aromatic rings. The fourth-order valence-electron chi connectivity index (χ4n) is 3.06. The highest BCUT2D eigenvalue weighted by molar-refractivity contribution is 5.97. The Morgan fingerprint density at radius 2 is 1.88 bits per heavy atom. The Kier molecular flexibility index (Phi) is 4.50. The lowest BCUT2D eigenvalue weighted by molar-refractivity contribution is -0.0230. The summed E-state index contributed by atoms with van der Waals surface area (Å²) in [7, 11) is 0. The third kappa shape index (κ3) is 3.23. The highest BCUT2D eigenvalue weighted by Crippen LogP contribution is 2.27. The minimum Gasteiger partial charge on any atom is -0.443 e. The van der Waals surface area contributed by atoms with Crippen molar-refractivity contribution < 1.29 is 18.3 Å². The van der Waals surface area contributed by atoms with Crippen LogP contribution in [-0.4, -0.2) is 35.5 Å². The number of nitrogens with zero attached hydrogens (tertiary/aromatic N) is 2. The van der Waals surface area contributed by atoms with Crippen LogP contribution in [0.5, 0.6) is 0 Å². The molecule has 1 amide bonds. The number of benzene rings is 2. The predicted octanol–water partition coefficient (Wildman–Crippen LogP) is 3.69. The Balaban J connectivity index is 1.55. The summed E-state index contributed by atoms with van der Waals surface area (Å²) in [5, 5.41) is 0. The minimum atomic E-state index is -0.299. The lowest BCUT2D eigenvalue weighted by atomic mass is 10.1. The van der Waals surface area contributed by atoms with Crippen LogP contribution >= 0.6 is 0 Å². The molecule has 6 heteroatoms. The maximum Gasteiger partial charge on any atom is 0.276 e. The Bertz CT molecular complexity index is 893. The van der Waals surface area contributed by atoms with E-state index >= 15 is 0 Å². The predicted molar refractivity (Wildman–Crippen MR) is 92.9 cm³/mol. The van der Waals surface area contributed by atoms with E-state index in [9.17, 15) is 9.18 Å². The van der Waals surface area contributed by atoms with Crippen LogP contribution in [0.3, 0.4) is 0 Å². The van der Waals surface area contributed by atoms with Gasteiger partial charge in [0.05, 0.1) is 13.2 Å². The monoisotopic (exact) mass is 352 g/mol. The van der Waals surface area contributed by atoms with Crippen molar-refractivity contribution in [3.05, 3.63) is 78.1 Å². The van der Waals surface area contributed by atoms with Crippen molar-refractivity contribution in [1.82, 2.24) is 9.88 Å². The largest absolute Gasteiger partial charge is 0.443 e. The summed E-state index contributed by atoms with van der Waals surface area (Å²) in [5.41, 5.74) is 1.93. The Morgan fingerprint density at radius 1 is 1.12 bits per heavy atom. The van der Waals surface area contributed by atoms with Crippen LogP contribution < -0.4 is 0 Å². The molecular formula is C20H17FN2O3. The van der Waals surface area contributed by atoms with Crippen LogP contribution in [0.15, 0.2) is 65.4 Å². The second-order valence-electron chi connectivity index (χ2n) is 6.06. The molecule has 2 aromatic carbocycles. The number of carbonyl (C=O) groups is 1. The lowest BCUT2D eigenvalue weighted by Gasteiger charge is -2.32. The molecule has 1 aromatic heterocycles. The number of amides is 1. The van der Waals surface area contributed by atoms with Crippen LogP contribution in [-0.2, 0) is 4.74 Å². The number of halogens is 1. The molecule has 0 spiro atoms. The van der Waals surface area contributed by atoms with Gasteiger partial charge in [-0.05, 0) is 17.7 Å². The van der Waals surface area contributed by atoms with Gasteiger partial charge in [-0.1, -0.05) is 42.5 Å². The van der Waals surface area contributed by atoms with Gasteiger partial charge in [0.1, 0.15) is 11.9 Å². The van der Waals surface area contributed by atoms with Crippen LogP contribution in [0.25, 0.3) is 11.3 Å². The number of aromatic nitrogens is 1. The van der Waals surface area contributed by atoms with Gasteiger partial charge >= 0.3 is 0 Å². The zero-order chi connectivity index (χ0) is 17.9. The van der Waals surface area contributed by atoms with Crippen molar-refractivity contribution in [3.63, 3.8) is 0 Å². The molecule has 1 aliphatic rings. The molecule has 1 aliphatic heterocycles. The molecule has 1 atom stereocenters. The standard InChI is InChI=1S/C20H17FN2O3/c21-16-8-6-14(7-9-16)17-12-23(10-11-25-17)20(24)18-19(26-13-22-18)15-4-2-1-3-5-15/h1-9,13,17H,10-12H2. The highest BCUT2D eigenvalue weighted by Gasteiger charge is 2.29. The zero-order valence-electron chi connectivity index (χ0n) is 14.0. The van der Waals surface area contributed by atoms with Gasteiger partial charge in [-0.2, -0.15) is 0 Å². The molecular weight excluding hydrogens is 335 g/mol. The quantitative estimate of drug-likeness (QED) is 0.721. The van der Waals surface area contributed by atoms with Crippen LogP contribution in [0, 0.1) is 5.82 Å². The number of carbonyl (C=O) groups excluding carboxylic acids is 1. The van der Waals surface area contributed by atoms with Crippen molar-refractivity contribution in [1.29, 1.82) is 0 Å². The van der Waals surface area contributed by atoms with Gasteiger partial charge in [0.25, 0.3) is 5.91 Å². The van der Waals surface area contributed by atoms with E-state index in [0.29, 0.717) is 25.5 Å². The van der Waals surface area contributed by atoms with Gasteiger partial charge in [-0.3, -0.25) is 4.79 Å². The number of hydrogen-bond donors (Lipinski definition) is 0. The molecule has 0 saturated carbocycles. The van der Waals surface area contributed by atoms with E-state index in [1.165, 1.54) is 18.5 Å². The summed E-state index contributed by atoms with van der Waals surface area (Å²) < 4.78 is 24.3. The maximum atomic E-state index is 13.1. The second kappa shape index (κ2) is 7.09. The van der Waals surface area contributed by atoms with E-state index < -0.39 is 0 Å². The highest BCUT2D eigenvalue weighted by atomic mass is 19.1. The molecule has 4 rings (SSSR count). The third-order valence-electron chi connectivity index (χ3n) is 4.40. The van der Waals surface area contributed by atoms with E-state index in [2.05, 4.69) is 4.98 Å². The van der Waals surface area contributed by atoms with Gasteiger partial charge in [0.2, 0.25) is 0 Å². The average molecular weight is 352 g/mol. The summed E-state index contributed by atoms with van der Waals surface area (Å²) >= 11 is 0. The minimum absolute atomic E-state index is 0.201. The normalized spacial score (nSPS) is 17.3. The first-order valence-corrected chi connectivity index (χ1v) is 8.37. The molecule has 5 nitrogen and oxygen atoms in total. The fraction of sp³-hybridized carbons (Fsp3) is 0.200. The SMILES string of the molecule is O=C(c1ncoc1-c1ccccc1)N1CCOC(c2ccc(F)cc2)C1. The molecule has 1 fully saturated rings. The lowest BCUT2D eigenvalue weighted by Crippen LogP contribution is -2.42. The molecule has 0 aliphatic carbocycles. The first kappa shape index (κ1) is 16.5. The van der Waals surface area contributed by atoms with Crippen LogP contribution in [0.1, 0.15) is 22.2 Å². The number of hydrogen-bond acceptors (Lipinski definition) is 4. The van der Waals surface area contributed by atoms with Gasteiger partial charge in [-0.15, -0.1) is 0 Å². The molecule has 132 valence electrons. The topological polar surface area (TPSA) is 55.6 Å². The molecule has 0 radical (unpaired) electrons. The molecule has 1 saturated heterocycles. The summed E-state index contributed by atoms with van der Waals surface area (Å²) in [5.74, 6) is -0.0407. The molecule has 0 bridgehead atoms. The Hall–Kier alpha value is -2.99. The number of oxazole rings is 1. The third-order valence-corrected chi connectivity index (χ3v) is 4.40. The molecule has 26 heavy (non-hydrogen) atoms. The van der Waals surface area contributed by atoms with E-state index in [1.807, 2.05) is 30.3 Å². The van der Waals surface area contributed by atoms with Crippen molar-refractivity contribution in [2.75, 3.05) is 19.7 Å². The molecule has 1 unspecified atom stereocenters. The van der Waals surface area contributed by atoms with Gasteiger partial charge < -0.3 is 14.1 Å². The van der Waals surface area contributed by atoms with Crippen LogP contribution in [0.4, 0.5) is 4.39 Å². The van der Waals surface area contributed by atoms with Crippen molar-refractivity contribution in [2.45, 2.75) is 6.10 Å². The summed E-state index contributed by atoms with van der Waals surface area (Å²) in [6.07, 6.45) is 0.994. The Morgan fingerprint density at radius 3 is 2.65 bits per heavy atom. The first-order valence-electron chi connectivity index (χ1n) is 8.37. The summed E-state index contributed by atoms with van der Waals surface area (Å²) in [6, 6.07) is 15.6. The first-order chi connectivity index (χ1) is 12.7. The van der Waals surface area contributed by atoms with E-state index in [-0.39, 0.29) is 23.5 Å². The smallest absolute Gasteiger partial charge is 0.276 e. The molecule has 2 heterocycles. The van der Waals surface area contributed by atoms with Gasteiger partial charge in [-0.25, -0.2) is 9.37 Å². The van der Waals surface area contributed by atoms with Crippen LogP contribution in [0.2, 0.25) is 0 Å². The van der Waals surface area contributed by atoms with E-state index in [4.69, 9.17) is 9.15 Å². The molecule has 0 N–H and O–H groups in total. The zero-order valence-corrected chi connectivity index (χ0v) is 14.0.